The summed E-state index contributed by atoms with van der Waals surface area (Å²) in [6.45, 7) is 7.98. The number of nitrogens with zero attached hydrogens (tertiary/aromatic N) is 1. The first-order chi connectivity index (χ1) is 9.22. The Morgan fingerprint density at radius 3 is 2.79 bits per heavy atom. The maximum Gasteiger partial charge on any atom is 0.0900 e. The molecule has 0 saturated heterocycles. The zero-order valence-electron chi connectivity index (χ0n) is 12.7. The van der Waals surface area contributed by atoms with Crippen LogP contribution in [-0.4, -0.2) is 55.0 Å². The normalized spacial score (nSPS) is 25.1. The fourth-order valence-corrected chi connectivity index (χ4v) is 3.06. The van der Waals surface area contributed by atoms with Crippen LogP contribution in [0.4, 0.5) is 0 Å². The maximum atomic E-state index is 10.1. The van der Waals surface area contributed by atoms with Crippen molar-refractivity contribution in [2.45, 2.75) is 58.1 Å². The number of hydrogen-bond acceptors (Lipinski definition) is 4. The van der Waals surface area contributed by atoms with Gasteiger partial charge in [0.15, 0.2) is 0 Å². The smallest absolute Gasteiger partial charge is 0.0900 e. The lowest BCUT2D eigenvalue weighted by atomic mass is 10.0. The van der Waals surface area contributed by atoms with Crippen LogP contribution in [0.5, 0.6) is 0 Å². The van der Waals surface area contributed by atoms with E-state index in [0.717, 1.165) is 32.5 Å². The molecular weight excluding hydrogens is 240 g/mol. The molecule has 4 heteroatoms. The highest BCUT2D eigenvalue weighted by Crippen LogP contribution is 2.29. The Morgan fingerprint density at radius 2 is 2.16 bits per heavy atom. The first-order valence-electron chi connectivity index (χ1n) is 7.92. The molecule has 1 saturated carbocycles. The Balaban J connectivity index is 2.30. The molecule has 0 heterocycles. The van der Waals surface area contributed by atoms with E-state index in [-0.39, 0.29) is 6.10 Å². The molecule has 3 unspecified atom stereocenters. The van der Waals surface area contributed by atoms with Gasteiger partial charge in [0, 0.05) is 19.2 Å². The number of hydrogen-bond donors (Lipinski definition) is 2. The number of aliphatic hydroxyl groups excluding tert-OH is 1. The van der Waals surface area contributed by atoms with Crippen LogP contribution in [0.25, 0.3) is 0 Å². The van der Waals surface area contributed by atoms with Gasteiger partial charge in [-0.3, -0.25) is 4.90 Å². The summed E-state index contributed by atoms with van der Waals surface area (Å²) < 4.78 is 5.50. The molecule has 1 rings (SSSR count). The van der Waals surface area contributed by atoms with Gasteiger partial charge in [-0.2, -0.15) is 0 Å². The lowest BCUT2D eigenvalue weighted by Gasteiger charge is -2.33. The second kappa shape index (κ2) is 9.70. The third kappa shape index (κ3) is 5.78. The topological polar surface area (TPSA) is 58.7 Å². The van der Waals surface area contributed by atoms with Crippen LogP contribution in [0.15, 0.2) is 0 Å². The molecule has 3 atom stereocenters. The maximum absolute atomic E-state index is 10.1. The summed E-state index contributed by atoms with van der Waals surface area (Å²) in [6, 6.07) is 0.556. The number of nitrogens with two attached hydrogens (primary N) is 1. The molecule has 0 bridgehead atoms. The molecule has 0 amide bonds. The number of ether oxygens (including phenoxy) is 1. The van der Waals surface area contributed by atoms with E-state index in [4.69, 9.17) is 10.5 Å². The van der Waals surface area contributed by atoms with Crippen LogP contribution in [0.2, 0.25) is 0 Å². The van der Waals surface area contributed by atoms with Crippen LogP contribution in [0.1, 0.15) is 46.0 Å². The van der Waals surface area contributed by atoms with Crippen molar-refractivity contribution in [2.75, 3.05) is 32.8 Å². The molecular formula is C15H32N2O2. The van der Waals surface area contributed by atoms with Gasteiger partial charge in [-0.1, -0.05) is 26.7 Å². The average Bonchev–Trinajstić information content (AvgIpc) is 2.89. The Hall–Kier alpha value is -0.160. The molecule has 1 fully saturated rings. The van der Waals surface area contributed by atoms with Crippen LogP contribution in [-0.2, 0) is 4.74 Å². The summed E-state index contributed by atoms with van der Waals surface area (Å²) in [5.41, 5.74) is 5.85. The molecule has 114 valence electrons. The third-order valence-corrected chi connectivity index (χ3v) is 4.19. The van der Waals surface area contributed by atoms with Gasteiger partial charge in [0.05, 0.1) is 12.7 Å². The van der Waals surface area contributed by atoms with E-state index in [0.29, 0.717) is 25.1 Å². The third-order valence-electron chi connectivity index (χ3n) is 4.19. The fourth-order valence-electron chi connectivity index (χ4n) is 3.06. The zero-order valence-corrected chi connectivity index (χ0v) is 12.7. The Bertz CT molecular complexity index is 226. The summed E-state index contributed by atoms with van der Waals surface area (Å²) in [4.78, 5) is 2.39. The first kappa shape index (κ1) is 16.9. The highest BCUT2D eigenvalue weighted by molar-refractivity contribution is 4.86. The van der Waals surface area contributed by atoms with Crippen molar-refractivity contribution in [1.29, 1.82) is 0 Å². The van der Waals surface area contributed by atoms with Gasteiger partial charge >= 0.3 is 0 Å². The summed E-state index contributed by atoms with van der Waals surface area (Å²) in [5, 5.41) is 10.1. The van der Waals surface area contributed by atoms with Gasteiger partial charge in [0.25, 0.3) is 0 Å². The monoisotopic (exact) mass is 272 g/mol. The van der Waals surface area contributed by atoms with E-state index < -0.39 is 0 Å². The van der Waals surface area contributed by atoms with Crippen molar-refractivity contribution >= 4 is 0 Å². The van der Waals surface area contributed by atoms with Gasteiger partial charge in [-0.05, 0) is 38.3 Å². The number of rotatable bonds is 10. The summed E-state index contributed by atoms with van der Waals surface area (Å²) in [6.07, 6.45) is 5.56. The van der Waals surface area contributed by atoms with E-state index in [9.17, 15) is 5.11 Å². The predicted octanol–water partition coefficient (Wildman–Crippen LogP) is 1.61. The standard InChI is InChI=1S/C15H32N2O2/c1-3-5-9-19-12-14(18)11-17(4-2)15-8-6-7-13(15)10-16/h13-15,18H,3-12,16H2,1-2H3. The van der Waals surface area contributed by atoms with Crippen molar-refractivity contribution in [1.82, 2.24) is 4.90 Å². The highest BCUT2D eigenvalue weighted by atomic mass is 16.5. The Labute approximate surface area is 118 Å². The number of unbranched alkanes of at least 4 members (excludes halogenated alkanes) is 1. The van der Waals surface area contributed by atoms with Crippen LogP contribution < -0.4 is 5.73 Å². The minimum atomic E-state index is -0.379. The average molecular weight is 272 g/mol. The van der Waals surface area contributed by atoms with Crippen LogP contribution >= 0.6 is 0 Å². The number of aliphatic hydroxyl groups is 1. The SMILES string of the molecule is CCCCOCC(O)CN(CC)C1CCCC1CN. The lowest BCUT2D eigenvalue weighted by molar-refractivity contribution is 0.00536. The summed E-state index contributed by atoms with van der Waals surface area (Å²) in [7, 11) is 0. The van der Waals surface area contributed by atoms with Gasteiger partial charge in [-0.25, -0.2) is 0 Å². The van der Waals surface area contributed by atoms with E-state index in [1.165, 1.54) is 19.3 Å². The molecule has 1 aliphatic rings. The Morgan fingerprint density at radius 1 is 1.37 bits per heavy atom. The molecule has 4 nitrogen and oxygen atoms in total. The van der Waals surface area contributed by atoms with E-state index in [1.54, 1.807) is 0 Å². The van der Waals surface area contributed by atoms with Gasteiger partial charge in [0.1, 0.15) is 0 Å². The highest BCUT2D eigenvalue weighted by Gasteiger charge is 2.31. The lowest BCUT2D eigenvalue weighted by Crippen LogP contribution is -2.45. The van der Waals surface area contributed by atoms with Crippen molar-refractivity contribution in [3.63, 3.8) is 0 Å². The molecule has 0 aliphatic heterocycles. The molecule has 0 aromatic rings. The molecule has 19 heavy (non-hydrogen) atoms. The molecule has 0 radical (unpaired) electrons. The van der Waals surface area contributed by atoms with Crippen molar-refractivity contribution in [2.24, 2.45) is 11.7 Å². The molecule has 0 spiro atoms. The van der Waals surface area contributed by atoms with Gasteiger partial charge in [0.2, 0.25) is 0 Å². The molecule has 3 N–H and O–H groups in total. The second-order valence-electron chi connectivity index (χ2n) is 5.66. The largest absolute Gasteiger partial charge is 0.389 e. The quantitative estimate of drug-likeness (QED) is 0.593. The van der Waals surface area contributed by atoms with E-state index in [1.807, 2.05) is 0 Å². The zero-order chi connectivity index (χ0) is 14.1. The fraction of sp³-hybridized carbons (Fsp3) is 1.00. The summed E-state index contributed by atoms with van der Waals surface area (Å²) in [5.74, 6) is 0.605. The Kier molecular flexibility index (Phi) is 8.62. The van der Waals surface area contributed by atoms with Crippen molar-refractivity contribution in [3.8, 4) is 0 Å². The summed E-state index contributed by atoms with van der Waals surface area (Å²) >= 11 is 0. The van der Waals surface area contributed by atoms with Crippen LogP contribution in [0.3, 0.4) is 0 Å². The molecule has 0 aromatic heterocycles. The minimum Gasteiger partial charge on any atom is -0.389 e. The molecule has 0 aromatic carbocycles. The second-order valence-corrected chi connectivity index (χ2v) is 5.66. The van der Waals surface area contributed by atoms with Crippen molar-refractivity contribution < 1.29 is 9.84 Å². The van der Waals surface area contributed by atoms with Gasteiger partial charge in [-0.15, -0.1) is 0 Å². The molecule has 1 aliphatic carbocycles. The minimum absolute atomic E-state index is 0.379. The van der Waals surface area contributed by atoms with Crippen molar-refractivity contribution in [3.05, 3.63) is 0 Å². The van der Waals surface area contributed by atoms with Gasteiger partial charge < -0.3 is 15.6 Å². The predicted molar refractivity (Wildman–Crippen MR) is 79.2 cm³/mol. The first-order valence-corrected chi connectivity index (χ1v) is 7.92. The number of likely N-dealkylation sites (N-methyl/N-ethyl adjacent to an activating group) is 1. The van der Waals surface area contributed by atoms with E-state index >= 15 is 0 Å². The van der Waals surface area contributed by atoms with Crippen LogP contribution in [0, 0.1) is 5.92 Å². The van der Waals surface area contributed by atoms with E-state index in [2.05, 4.69) is 18.7 Å².